The first-order valence-electron chi connectivity index (χ1n) is 10.7. The van der Waals surface area contributed by atoms with E-state index in [2.05, 4.69) is 20.8 Å². The molecule has 3 nitrogen and oxygen atoms in total. The fourth-order valence-electron chi connectivity index (χ4n) is 3.29. The number of rotatable bonds is 14. The van der Waals surface area contributed by atoms with Crippen LogP contribution in [-0.2, 0) is 14.3 Å². The molecule has 0 bridgehead atoms. The van der Waals surface area contributed by atoms with E-state index in [0.717, 1.165) is 38.9 Å². The molecule has 1 aliphatic heterocycles. The highest BCUT2D eigenvalue weighted by atomic mass is 16.7. The number of hydrogen-bond donors (Lipinski definition) is 0. The second-order valence-corrected chi connectivity index (χ2v) is 8.85. The SMILES string of the molecule is CCCCCCCCCCCC(=O)CCCC1(C)OCC(C)(C)CO1. The summed E-state index contributed by atoms with van der Waals surface area (Å²) in [6.07, 6.45) is 14.8. The molecular weight excluding hydrogens is 312 g/mol. The quantitative estimate of drug-likeness (QED) is 0.337. The molecule has 0 spiro atoms. The van der Waals surface area contributed by atoms with Crippen LogP contribution in [0.4, 0.5) is 0 Å². The van der Waals surface area contributed by atoms with Gasteiger partial charge >= 0.3 is 0 Å². The van der Waals surface area contributed by atoms with Crippen molar-refractivity contribution in [3.05, 3.63) is 0 Å². The van der Waals surface area contributed by atoms with Gasteiger partial charge in [-0.15, -0.1) is 0 Å². The van der Waals surface area contributed by atoms with E-state index in [1.807, 2.05) is 6.92 Å². The number of ether oxygens (including phenoxy) is 2. The molecule has 0 unspecified atom stereocenters. The molecule has 1 heterocycles. The van der Waals surface area contributed by atoms with Gasteiger partial charge in [-0.3, -0.25) is 4.79 Å². The van der Waals surface area contributed by atoms with Crippen LogP contribution in [0.25, 0.3) is 0 Å². The highest BCUT2D eigenvalue weighted by molar-refractivity contribution is 5.78. The van der Waals surface area contributed by atoms with Crippen molar-refractivity contribution >= 4 is 5.78 Å². The monoisotopic (exact) mass is 354 g/mol. The first-order valence-corrected chi connectivity index (χ1v) is 10.7. The lowest BCUT2D eigenvalue weighted by Crippen LogP contribution is -2.45. The lowest BCUT2D eigenvalue weighted by Gasteiger charge is -2.41. The van der Waals surface area contributed by atoms with Gasteiger partial charge in [-0.05, 0) is 19.8 Å². The predicted octanol–water partition coefficient (Wildman–Crippen LogP) is 6.44. The minimum Gasteiger partial charge on any atom is -0.350 e. The zero-order valence-corrected chi connectivity index (χ0v) is 17.3. The Bertz CT molecular complexity index is 352. The van der Waals surface area contributed by atoms with Crippen molar-refractivity contribution in [3.63, 3.8) is 0 Å². The van der Waals surface area contributed by atoms with Crippen LogP contribution < -0.4 is 0 Å². The Kier molecular flexibility index (Phi) is 10.9. The molecule has 0 N–H and O–H groups in total. The molecule has 0 atom stereocenters. The smallest absolute Gasteiger partial charge is 0.165 e. The molecule has 1 rings (SSSR count). The second kappa shape index (κ2) is 12.1. The lowest BCUT2D eigenvalue weighted by atomic mass is 9.94. The van der Waals surface area contributed by atoms with Gasteiger partial charge < -0.3 is 9.47 Å². The van der Waals surface area contributed by atoms with Crippen LogP contribution in [0.1, 0.15) is 111 Å². The van der Waals surface area contributed by atoms with Crippen LogP contribution in [0.3, 0.4) is 0 Å². The number of ketones is 1. The van der Waals surface area contributed by atoms with Crippen molar-refractivity contribution in [2.24, 2.45) is 5.41 Å². The lowest BCUT2D eigenvalue weighted by molar-refractivity contribution is -0.292. The van der Waals surface area contributed by atoms with Crippen molar-refractivity contribution < 1.29 is 14.3 Å². The van der Waals surface area contributed by atoms with E-state index in [-0.39, 0.29) is 5.41 Å². The molecule has 0 aliphatic carbocycles. The molecule has 0 amide bonds. The molecule has 1 fully saturated rings. The molecular formula is C22H42O3. The Morgan fingerprint density at radius 2 is 1.24 bits per heavy atom. The fourth-order valence-corrected chi connectivity index (χ4v) is 3.29. The molecule has 1 saturated heterocycles. The minimum atomic E-state index is -0.492. The van der Waals surface area contributed by atoms with E-state index in [9.17, 15) is 4.79 Å². The van der Waals surface area contributed by atoms with E-state index in [4.69, 9.17) is 9.47 Å². The largest absolute Gasteiger partial charge is 0.350 e. The number of unbranched alkanes of at least 4 members (excludes halogenated alkanes) is 8. The summed E-state index contributed by atoms with van der Waals surface area (Å²) in [5.74, 6) is -0.0872. The third-order valence-electron chi connectivity index (χ3n) is 5.18. The van der Waals surface area contributed by atoms with Gasteiger partial charge in [0.1, 0.15) is 5.78 Å². The van der Waals surface area contributed by atoms with Crippen molar-refractivity contribution in [1.82, 2.24) is 0 Å². The summed E-state index contributed by atoms with van der Waals surface area (Å²) in [4.78, 5) is 12.0. The molecule has 0 saturated carbocycles. The average Bonchev–Trinajstić information content (AvgIpc) is 2.57. The van der Waals surface area contributed by atoms with Crippen LogP contribution in [0.2, 0.25) is 0 Å². The van der Waals surface area contributed by atoms with Gasteiger partial charge in [0.15, 0.2) is 5.79 Å². The summed E-state index contributed by atoms with van der Waals surface area (Å²) in [5.41, 5.74) is 0.103. The zero-order valence-electron chi connectivity index (χ0n) is 17.3. The predicted molar refractivity (Wildman–Crippen MR) is 105 cm³/mol. The van der Waals surface area contributed by atoms with E-state index in [0.29, 0.717) is 12.2 Å². The summed E-state index contributed by atoms with van der Waals surface area (Å²) < 4.78 is 11.8. The number of hydrogen-bond acceptors (Lipinski definition) is 3. The summed E-state index contributed by atoms with van der Waals surface area (Å²) in [6, 6.07) is 0. The summed E-state index contributed by atoms with van der Waals surface area (Å²) >= 11 is 0. The standard InChI is InChI=1S/C22H42O3/c1-5-6-7-8-9-10-11-12-13-15-20(23)16-14-17-22(4)24-18-21(2,3)19-25-22/h5-19H2,1-4H3. The molecule has 0 aromatic rings. The Morgan fingerprint density at radius 1 is 0.760 bits per heavy atom. The normalized spacial score (nSPS) is 19.0. The van der Waals surface area contributed by atoms with Crippen LogP contribution in [0.15, 0.2) is 0 Å². The first-order chi connectivity index (χ1) is 11.9. The van der Waals surface area contributed by atoms with Gasteiger partial charge in [0.25, 0.3) is 0 Å². The van der Waals surface area contributed by atoms with Crippen LogP contribution in [0, 0.1) is 5.41 Å². The van der Waals surface area contributed by atoms with Crippen molar-refractivity contribution in [2.45, 2.75) is 117 Å². The Hall–Kier alpha value is -0.410. The minimum absolute atomic E-state index is 0.103. The number of Topliss-reactive ketones (excluding diaryl/α,β-unsaturated/α-hetero) is 1. The van der Waals surface area contributed by atoms with Gasteiger partial charge in [0.05, 0.1) is 13.2 Å². The van der Waals surface area contributed by atoms with Crippen LogP contribution in [-0.4, -0.2) is 24.8 Å². The van der Waals surface area contributed by atoms with Gasteiger partial charge in [-0.1, -0.05) is 72.1 Å². The third-order valence-corrected chi connectivity index (χ3v) is 5.18. The summed E-state index contributed by atoms with van der Waals surface area (Å²) in [6.45, 7) is 10.0. The van der Waals surface area contributed by atoms with E-state index >= 15 is 0 Å². The molecule has 3 heteroatoms. The molecule has 0 aromatic carbocycles. The zero-order chi connectivity index (χ0) is 18.6. The Labute approximate surface area is 156 Å². The molecule has 1 aliphatic rings. The Balaban J connectivity index is 1.95. The van der Waals surface area contributed by atoms with Crippen LogP contribution >= 0.6 is 0 Å². The topological polar surface area (TPSA) is 35.5 Å². The highest BCUT2D eigenvalue weighted by Crippen LogP contribution is 2.32. The maximum Gasteiger partial charge on any atom is 0.165 e. The van der Waals surface area contributed by atoms with Crippen molar-refractivity contribution in [2.75, 3.05) is 13.2 Å². The van der Waals surface area contributed by atoms with E-state index < -0.39 is 5.79 Å². The average molecular weight is 355 g/mol. The van der Waals surface area contributed by atoms with E-state index in [1.54, 1.807) is 0 Å². The van der Waals surface area contributed by atoms with Crippen LogP contribution in [0.5, 0.6) is 0 Å². The van der Waals surface area contributed by atoms with Gasteiger partial charge in [-0.25, -0.2) is 0 Å². The maximum absolute atomic E-state index is 12.0. The fraction of sp³-hybridized carbons (Fsp3) is 0.955. The second-order valence-electron chi connectivity index (χ2n) is 8.85. The molecule has 0 aromatic heterocycles. The third kappa shape index (κ3) is 11.0. The van der Waals surface area contributed by atoms with Gasteiger partial charge in [0, 0.05) is 24.7 Å². The maximum atomic E-state index is 12.0. The van der Waals surface area contributed by atoms with Crippen molar-refractivity contribution in [3.8, 4) is 0 Å². The molecule has 0 radical (unpaired) electrons. The molecule has 25 heavy (non-hydrogen) atoms. The highest BCUT2D eigenvalue weighted by Gasteiger charge is 2.36. The number of carbonyl (C=O) groups is 1. The summed E-state index contributed by atoms with van der Waals surface area (Å²) in [7, 11) is 0. The first kappa shape index (κ1) is 22.6. The van der Waals surface area contributed by atoms with Gasteiger partial charge in [-0.2, -0.15) is 0 Å². The number of carbonyl (C=O) groups excluding carboxylic acids is 1. The summed E-state index contributed by atoms with van der Waals surface area (Å²) in [5, 5.41) is 0. The molecule has 148 valence electrons. The Morgan fingerprint density at radius 3 is 1.80 bits per heavy atom. The van der Waals surface area contributed by atoms with Gasteiger partial charge in [0.2, 0.25) is 0 Å². The van der Waals surface area contributed by atoms with Crippen molar-refractivity contribution in [1.29, 1.82) is 0 Å². The van der Waals surface area contributed by atoms with E-state index in [1.165, 1.54) is 51.4 Å².